The molecule has 0 bridgehead atoms. The zero-order valence-corrected chi connectivity index (χ0v) is 17.1. The summed E-state index contributed by atoms with van der Waals surface area (Å²) in [6.45, 7) is 10.5. The zero-order chi connectivity index (χ0) is 19.8. The summed E-state index contributed by atoms with van der Waals surface area (Å²) >= 11 is 0. The molecule has 147 valence electrons. The van der Waals surface area contributed by atoms with Gasteiger partial charge in [0, 0.05) is 13.1 Å². The number of hydrogen-bond acceptors (Lipinski definition) is 4. The molecule has 0 aromatic heterocycles. The Kier molecular flexibility index (Phi) is 9.07. The van der Waals surface area contributed by atoms with Crippen molar-refractivity contribution in [2.24, 2.45) is 0 Å². The van der Waals surface area contributed by atoms with E-state index in [1.165, 1.54) is 0 Å². The van der Waals surface area contributed by atoms with Gasteiger partial charge in [0.2, 0.25) is 0 Å². The van der Waals surface area contributed by atoms with Crippen LogP contribution in [0.2, 0.25) is 0 Å². The summed E-state index contributed by atoms with van der Waals surface area (Å²) < 4.78 is 24.1. The second-order valence-electron chi connectivity index (χ2n) is 7.83. The minimum atomic E-state index is -0.949. The van der Waals surface area contributed by atoms with Gasteiger partial charge in [-0.15, -0.1) is 0 Å². The molecule has 0 spiro atoms. The first-order valence-electron chi connectivity index (χ1n) is 9.33. The average Bonchev–Trinajstić information content (AvgIpc) is 2.57. The molecule has 0 amide bonds. The van der Waals surface area contributed by atoms with Gasteiger partial charge >= 0.3 is 7.48 Å². The van der Waals surface area contributed by atoms with Gasteiger partial charge in [0.05, 0.1) is 17.9 Å². The molecule has 1 unspecified atom stereocenters. The van der Waals surface area contributed by atoms with Crippen LogP contribution in [0.1, 0.15) is 47.5 Å². The van der Waals surface area contributed by atoms with E-state index in [9.17, 15) is 9.50 Å². The number of alkyl halides is 1. The first-order chi connectivity index (χ1) is 12.1. The molecule has 1 atom stereocenters. The van der Waals surface area contributed by atoms with Crippen LogP contribution in [0.5, 0.6) is 5.75 Å². The fourth-order valence-electron chi connectivity index (χ4n) is 2.20. The Morgan fingerprint density at radius 3 is 2.31 bits per heavy atom. The van der Waals surface area contributed by atoms with E-state index in [-0.39, 0.29) is 12.8 Å². The van der Waals surface area contributed by atoms with E-state index in [1.807, 2.05) is 45.2 Å². The number of likely N-dealkylation sites (N-methyl/N-ethyl adjacent to an activating group) is 1. The fourth-order valence-corrected chi connectivity index (χ4v) is 2.20. The molecule has 0 aliphatic heterocycles. The number of nitrogens with zero attached hydrogens (tertiary/aromatic N) is 1. The molecule has 1 aromatic carbocycles. The van der Waals surface area contributed by atoms with Crippen molar-refractivity contribution in [3.8, 4) is 5.75 Å². The molecule has 1 N–H and O–H groups in total. The maximum Gasteiger partial charge on any atom is 0.330 e. The standard InChI is InChI=1S/C20H34BFNO3/c1-7-17(15-23(6)14-8-13-22)25-18-11-9-16(10-12-18)21-26-20(4,5)19(2,3)24/h9-12,17,24H,7-8,13-15H2,1-6H3. The number of aliphatic hydroxyl groups is 1. The Morgan fingerprint density at radius 1 is 1.19 bits per heavy atom. The lowest BCUT2D eigenvalue weighted by Crippen LogP contribution is -2.49. The van der Waals surface area contributed by atoms with Crippen LogP contribution >= 0.6 is 0 Å². The highest BCUT2D eigenvalue weighted by Crippen LogP contribution is 2.24. The first-order valence-corrected chi connectivity index (χ1v) is 9.33. The highest BCUT2D eigenvalue weighted by molar-refractivity contribution is 6.47. The van der Waals surface area contributed by atoms with Crippen LogP contribution in [0.4, 0.5) is 4.39 Å². The van der Waals surface area contributed by atoms with Crippen molar-refractivity contribution in [1.29, 1.82) is 0 Å². The molecule has 1 rings (SSSR count). The van der Waals surface area contributed by atoms with Gasteiger partial charge in [-0.3, -0.25) is 4.39 Å². The third kappa shape index (κ3) is 7.64. The van der Waals surface area contributed by atoms with Gasteiger partial charge in [-0.25, -0.2) is 0 Å². The third-order valence-electron chi connectivity index (χ3n) is 4.79. The molecule has 26 heavy (non-hydrogen) atoms. The Balaban J connectivity index is 2.55. The summed E-state index contributed by atoms with van der Waals surface area (Å²) in [5.41, 5.74) is -0.739. The minimum Gasteiger partial charge on any atom is -0.489 e. The van der Waals surface area contributed by atoms with E-state index in [2.05, 4.69) is 11.8 Å². The van der Waals surface area contributed by atoms with E-state index < -0.39 is 11.2 Å². The normalized spacial score (nSPS) is 13.7. The molecule has 6 heteroatoms. The molecular weight excluding hydrogens is 332 g/mol. The lowest BCUT2D eigenvalue weighted by Gasteiger charge is -2.37. The fraction of sp³-hybridized carbons (Fsp3) is 0.700. The lowest BCUT2D eigenvalue weighted by molar-refractivity contribution is -0.0893. The molecule has 1 aromatic rings. The summed E-state index contributed by atoms with van der Waals surface area (Å²) in [6, 6.07) is 7.68. The van der Waals surface area contributed by atoms with Crippen molar-refractivity contribution in [2.45, 2.75) is 64.8 Å². The van der Waals surface area contributed by atoms with Gasteiger partial charge in [-0.05, 0) is 59.7 Å². The predicted molar refractivity (Wildman–Crippen MR) is 106 cm³/mol. The van der Waals surface area contributed by atoms with Crippen LogP contribution in [0, 0.1) is 0 Å². The zero-order valence-electron chi connectivity index (χ0n) is 17.1. The number of rotatable bonds is 12. The Labute approximate surface area is 159 Å². The molecule has 0 saturated heterocycles. The van der Waals surface area contributed by atoms with Gasteiger partial charge in [0.1, 0.15) is 11.9 Å². The van der Waals surface area contributed by atoms with Crippen molar-refractivity contribution < 1.29 is 18.9 Å². The SMILES string of the molecule is CCC(CN(C)CCCF)Oc1ccc([B]OC(C)(C)C(C)(C)O)cc1. The predicted octanol–water partition coefficient (Wildman–Crippen LogP) is 2.95. The second kappa shape index (κ2) is 10.3. The maximum absolute atomic E-state index is 12.3. The van der Waals surface area contributed by atoms with Crippen LogP contribution in [0.3, 0.4) is 0 Å². The van der Waals surface area contributed by atoms with Gasteiger partial charge < -0.3 is 19.4 Å². The Hall–Kier alpha value is -1.11. The third-order valence-corrected chi connectivity index (χ3v) is 4.79. The van der Waals surface area contributed by atoms with Gasteiger partial charge in [0.25, 0.3) is 0 Å². The summed E-state index contributed by atoms with van der Waals surface area (Å²) in [4.78, 5) is 2.10. The van der Waals surface area contributed by atoms with Gasteiger partial charge in [-0.1, -0.05) is 24.5 Å². The van der Waals surface area contributed by atoms with Crippen LogP contribution in [-0.2, 0) is 4.65 Å². The Bertz CT molecular complexity index is 517. The maximum atomic E-state index is 12.3. The monoisotopic (exact) mass is 366 g/mol. The molecular formula is C20H34BFNO3. The van der Waals surface area contributed by atoms with Crippen molar-refractivity contribution in [2.75, 3.05) is 26.8 Å². The first kappa shape index (κ1) is 22.9. The minimum absolute atomic E-state index is 0.0693. The number of benzene rings is 1. The summed E-state index contributed by atoms with van der Waals surface area (Å²) in [5.74, 6) is 0.801. The molecule has 0 aliphatic rings. The smallest absolute Gasteiger partial charge is 0.330 e. The lowest BCUT2D eigenvalue weighted by atomic mass is 9.82. The summed E-state index contributed by atoms with van der Waals surface area (Å²) in [6.07, 6.45) is 1.51. The highest BCUT2D eigenvalue weighted by atomic mass is 19.1. The molecule has 1 radical (unpaired) electrons. The van der Waals surface area contributed by atoms with E-state index in [0.717, 1.165) is 30.7 Å². The van der Waals surface area contributed by atoms with E-state index in [0.29, 0.717) is 6.42 Å². The van der Waals surface area contributed by atoms with Crippen LogP contribution in [0.25, 0.3) is 0 Å². The molecule has 0 saturated carbocycles. The van der Waals surface area contributed by atoms with Gasteiger partial charge in [-0.2, -0.15) is 0 Å². The van der Waals surface area contributed by atoms with E-state index in [1.54, 1.807) is 21.3 Å². The largest absolute Gasteiger partial charge is 0.489 e. The molecule has 0 aliphatic carbocycles. The molecule has 0 fully saturated rings. The quantitative estimate of drug-likeness (QED) is 0.578. The van der Waals surface area contributed by atoms with Crippen molar-refractivity contribution in [1.82, 2.24) is 4.90 Å². The Morgan fingerprint density at radius 2 is 1.81 bits per heavy atom. The van der Waals surface area contributed by atoms with Crippen molar-refractivity contribution >= 4 is 12.9 Å². The molecule has 0 heterocycles. The van der Waals surface area contributed by atoms with Crippen molar-refractivity contribution in [3.63, 3.8) is 0 Å². The van der Waals surface area contributed by atoms with E-state index in [4.69, 9.17) is 9.39 Å². The second-order valence-corrected chi connectivity index (χ2v) is 7.83. The number of halogens is 1. The van der Waals surface area contributed by atoms with E-state index >= 15 is 0 Å². The topological polar surface area (TPSA) is 41.9 Å². The van der Waals surface area contributed by atoms with Gasteiger partial charge in [0.15, 0.2) is 0 Å². The van der Waals surface area contributed by atoms with Crippen LogP contribution in [0.15, 0.2) is 24.3 Å². The summed E-state index contributed by atoms with van der Waals surface area (Å²) in [5, 5.41) is 10.1. The molecule has 4 nitrogen and oxygen atoms in total. The highest BCUT2D eigenvalue weighted by Gasteiger charge is 2.35. The summed E-state index contributed by atoms with van der Waals surface area (Å²) in [7, 11) is 3.64. The van der Waals surface area contributed by atoms with Crippen molar-refractivity contribution in [3.05, 3.63) is 24.3 Å². The number of hydrogen-bond donors (Lipinski definition) is 1. The average molecular weight is 366 g/mol. The van der Waals surface area contributed by atoms with Crippen LogP contribution in [-0.4, -0.2) is 61.6 Å². The van der Waals surface area contributed by atoms with Crippen LogP contribution < -0.4 is 10.2 Å². The number of ether oxygens (including phenoxy) is 1.